The molecule has 1 aromatic heterocycles. The molecule has 1 nitrogen and oxygen atoms in total. The molecule has 0 fully saturated rings. The van der Waals surface area contributed by atoms with Gasteiger partial charge in [-0.05, 0) is 58.0 Å². The summed E-state index contributed by atoms with van der Waals surface area (Å²) in [5.41, 5.74) is 10.2. The van der Waals surface area contributed by atoms with Gasteiger partial charge in [-0.1, -0.05) is 74.5 Å². The molecule has 0 spiro atoms. The largest absolute Gasteiger partial charge is 0.255 e. The van der Waals surface area contributed by atoms with Crippen LogP contribution in [0.5, 0.6) is 0 Å². The van der Waals surface area contributed by atoms with Crippen molar-refractivity contribution in [3.8, 4) is 33.5 Å². The van der Waals surface area contributed by atoms with E-state index in [9.17, 15) is 0 Å². The first-order valence-electron chi connectivity index (χ1n) is 9.75. The first kappa shape index (κ1) is 16.3. The number of nitrogens with zero attached hydrogens (tertiary/aromatic N) is 1. The molecule has 0 saturated carbocycles. The maximum atomic E-state index is 4.91. The highest BCUT2D eigenvalue weighted by Crippen LogP contribution is 2.47. The first-order valence-corrected chi connectivity index (χ1v) is 9.75. The zero-order valence-electron chi connectivity index (χ0n) is 16.1. The van der Waals surface area contributed by atoms with E-state index in [1.54, 1.807) is 0 Å². The molecule has 1 aliphatic rings. The zero-order chi connectivity index (χ0) is 18.5. The molecule has 4 aromatic rings. The highest BCUT2D eigenvalue weighted by Gasteiger charge is 2.22. The Kier molecular flexibility index (Phi) is 3.65. The van der Waals surface area contributed by atoms with Crippen LogP contribution in [0.25, 0.3) is 44.3 Å². The molecule has 0 atom stereocenters. The Hall–Kier alpha value is -2.93. The summed E-state index contributed by atoms with van der Waals surface area (Å²) in [6, 6.07) is 22.4. The Balaban J connectivity index is 1.93. The predicted octanol–water partition coefficient (Wildman–Crippen LogP) is 7.06. The molecule has 0 N–H and O–H groups in total. The number of aromatic nitrogens is 1. The molecule has 1 aliphatic carbocycles. The minimum absolute atomic E-state index is 0.644. The number of hydrogen-bond acceptors (Lipinski definition) is 1. The first-order chi connectivity index (χ1) is 13.1. The van der Waals surface area contributed by atoms with Gasteiger partial charge in [-0.15, -0.1) is 0 Å². The Labute approximate surface area is 160 Å². The zero-order valence-corrected chi connectivity index (χ0v) is 16.1. The van der Waals surface area contributed by atoms with Gasteiger partial charge in [0.2, 0.25) is 0 Å². The number of benzene rings is 3. The van der Waals surface area contributed by atoms with Gasteiger partial charge in [0.25, 0.3) is 0 Å². The van der Waals surface area contributed by atoms with E-state index in [0.717, 1.165) is 12.1 Å². The summed E-state index contributed by atoms with van der Waals surface area (Å²) in [6.07, 6.45) is 3.11. The molecule has 27 heavy (non-hydrogen) atoms. The van der Waals surface area contributed by atoms with E-state index < -0.39 is 0 Å². The second-order valence-corrected chi connectivity index (χ2v) is 8.04. The SMILES string of the molecule is Cc1cnc2c3c(cccc13)-c1ccccc1-c1cc(CC(C)C)ccc1-2. The third kappa shape index (κ3) is 2.49. The summed E-state index contributed by atoms with van der Waals surface area (Å²) < 4.78 is 0. The molecule has 0 saturated heterocycles. The van der Waals surface area contributed by atoms with Gasteiger partial charge in [-0.2, -0.15) is 0 Å². The molecular formula is C26H23N. The number of aryl methyl sites for hydroxylation is 1. The summed E-state index contributed by atoms with van der Waals surface area (Å²) >= 11 is 0. The second-order valence-electron chi connectivity index (χ2n) is 8.04. The van der Waals surface area contributed by atoms with Crippen molar-refractivity contribution < 1.29 is 0 Å². The van der Waals surface area contributed by atoms with Gasteiger partial charge >= 0.3 is 0 Å². The molecule has 132 valence electrons. The summed E-state index contributed by atoms with van der Waals surface area (Å²) in [6.45, 7) is 6.71. The Morgan fingerprint density at radius 1 is 0.778 bits per heavy atom. The van der Waals surface area contributed by atoms with Crippen LogP contribution in [-0.2, 0) is 6.42 Å². The van der Waals surface area contributed by atoms with Crippen LogP contribution in [0.4, 0.5) is 0 Å². The Morgan fingerprint density at radius 2 is 1.52 bits per heavy atom. The molecule has 0 radical (unpaired) electrons. The van der Waals surface area contributed by atoms with Crippen molar-refractivity contribution >= 4 is 10.8 Å². The fourth-order valence-corrected chi connectivity index (χ4v) is 4.43. The van der Waals surface area contributed by atoms with Crippen LogP contribution in [0.2, 0.25) is 0 Å². The molecule has 1 heterocycles. The lowest BCUT2D eigenvalue weighted by molar-refractivity contribution is 0.647. The van der Waals surface area contributed by atoms with Gasteiger partial charge in [0.1, 0.15) is 0 Å². The van der Waals surface area contributed by atoms with Crippen LogP contribution < -0.4 is 0 Å². The average molecular weight is 349 g/mol. The summed E-state index contributed by atoms with van der Waals surface area (Å²) in [5.74, 6) is 0.644. The Bertz CT molecular complexity index is 1180. The van der Waals surface area contributed by atoms with E-state index in [0.29, 0.717) is 5.92 Å². The molecule has 0 unspecified atom stereocenters. The van der Waals surface area contributed by atoms with Gasteiger partial charge in [-0.25, -0.2) is 0 Å². The topological polar surface area (TPSA) is 12.9 Å². The monoisotopic (exact) mass is 349 g/mol. The molecule has 3 aromatic carbocycles. The predicted molar refractivity (Wildman–Crippen MR) is 115 cm³/mol. The summed E-state index contributed by atoms with van der Waals surface area (Å²) in [5, 5.41) is 2.58. The van der Waals surface area contributed by atoms with Crippen molar-refractivity contribution in [2.24, 2.45) is 5.92 Å². The minimum Gasteiger partial charge on any atom is -0.255 e. The lowest BCUT2D eigenvalue weighted by Crippen LogP contribution is -1.96. The molecule has 0 bridgehead atoms. The van der Waals surface area contributed by atoms with Crippen molar-refractivity contribution in [3.05, 3.63) is 78.0 Å². The van der Waals surface area contributed by atoms with E-state index in [-0.39, 0.29) is 0 Å². The highest BCUT2D eigenvalue weighted by molar-refractivity contribution is 6.12. The number of pyridine rings is 1. The van der Waals surface area contributed by atoms with Gasteiger partial charge in [-0.3, -0.25) is 4.98 Å². The van der Waals surface area contributed by atoms with Crippen LogP contribution in [0, 0.1) is 12.8 Å². The van der Waals surface area contributed by atoms with E-state index >= 15 is 0 Å². The van der Waals surface area contributed by atoms with Crippen LogP contribution in [0.3, 0.4) is 0 Å². The van der Waals surface area contributed by atoms with Crippen molar-refractivity contribution in [3.63, 3.8) is 0 Å². The van der Waals surface area contributed by atoms with Crippen LogP contribution in [-0.4, -0.2) is 4.98 Å². The average Bonchev–Trinajstić information content (AvgIpc) is 2.79. The van der Waals surface area contributed by atoms with Crippen LogP contribution in [0.1, 0.15) is 25.0 Å². The van der Waals surface area contributed by atoms with E-state index in [2.05, 4.69) is 81.4 Å². The fourth-order valence-electron chi connectivity index (χ4n) is 4.43. The minimum atomic E-state index is 0.644. The maximum absolute atomic E-state index is 4.91. The number of fused-ring (bicyclic) bond motifs is 5. The normalized spacial score (nSPS) is 12.0. The van der Waals surface area contributed by atoms with Crippen molar-refractivity contribution in [2.45, 2.75) is 27.2 Å². The van der Waals surface area contributed by atoms with Gasteiger partial charge in [0.05, 0.1) is 5.69 Å². The molecule has 0 amide bonds. The van der Waals surface area contributed by atoms with Crippen molar-refractivity contribution in [2.75, 3.05) is 0 Å². The Morgan fingerprint density at radius 3 is 2.30 bits per heavy atom. The smallest absolute Gasteiger partial charge is 0.0792 e. The quantitative estimate of drug-likeness (QED) is 0.332. The van der Waals surface area contributed by atoms with Gasteiger partial charge < -0.3 is 0 Å². The summed E-state index contributed by atoms with van der Waals surface area (Å²) in [4.78, 5) is 4.91. The third-order valence-corrected chi connectivity index (χ3v) is 5.60. The fraction of sp³-hybridized carbons (Fsp3) is 0.192. The van der Waals surface area contributed by atoms with Gasteiger partial charge in [0, 0.05) is 17.1 Å². The summed E-state index contributed by atoms with van der Waals surface area (Å²) in [7, 11) is 0. The molecule has 1 heteroatoms. The van der Waals surface area contributed by atoms with E-state index in [4.69, 9.17) is 4.98 Å². The highest BCUT2D eigenvalue weighted by atomic mass is 14.7. The lowest BCUT2D eigenvalue weighted by atomic mass is 9.91. The number of rotatable bonds is 2. The third-order valence-electron chi connectivity index (χ3n) is 5.60. The number of hydrogen-bond donors (Lipinski definition) is 0. The van der Waals surface area contributed by atoms with E-state index in [1.807, 2.05) is 6.20 Å². The van der Waals surface area contributed by atoms with E-state index in [1.165, 1.54) is 49.7 Å². The van der Waals surface area contributed by atoms with Crippen LogP contribution >= 0.6 is 0 Å². The van der Waals surface area contributed by atoms with Crippen molar-refractivity contribution in [1.29, 1.82) is 0 Å². The lowest BCUT2D eigenvalue weighted by Gasteiger charge is -2.13. The van der Waals surface area contributed by atoms with Gasteiger partial charge in [0.15, 0.2) is 0 Å². The molecule has 5 rings (SSSR count). The maximum Gasteiger partial charge on any atom is 0.0792 e. The van der Waals surface area contributed by atoms with Crippen molar-refractivity contribution in [1.82, 2.24) is 4.98 Å². The second kappa shape index (κ2) is 6.06. The molecule has 0 aliphatic heterocycles. The van der Waals surface area contributed by atoms with Crippen LogP contribution in [0.15, 0.2) is 66.9 Å². The standard InChI is InChI=1S/C26H23N/c1-16(2)13-18-11-12-23-24(14-18)21-8-5-4-7-20(21)22-10-6-9-19-17(3)15-27-26(23)25(19)22/h4-12,14-16H,13H2,1-3H3. The molecular weight excluding hydrogens is 326 g/mol.